The van der Waals surface area contributed by atoms with E-state index in [0.29, 0.717) is 0 Å². The molecule has 1 N–H and O–H groups in total. The van der Waals surface area contributed by atoms with Crippen molar-refractivity contribution in [3.8, 4) is 0 Å². The quantitative estimate of drug-likeness (QED) is 0.807. The molecule has 0 spiro atoms. The van der Waals surface area contributed by atoms with Gasteiger partial charge in [0, 0.05) is 10.0 Å². The number of benzene rings is 1. The van der Waals surface area contributed by atoms with Crippen molar-refractivity contribution in [3.63, 3.8) is 0 Å². The molecule has 0 saturated heterocycles. The maximum absolute atomic E-state index is 13.3. The lowest BCUT2D eigenvalue weighted by molar-refractivity contribution is 0.302. The van der Waals surface area contributed by atoms with Gasteiger partial charge < -0.3 is 5.32 Å². The fourth-order valence-electron chi connectivity index (χ4n) is 2.06. The van der Waals surface area contributed by atoms with Crippen LogP contribution in [0.4, 0.5) is 4.39 Å². The molecule has 1 nitrogen and oxygen atoms in total. The van der Waals surface area contributed by atoms with Crippen LogP contribution in [0.5, 0.6) is 0 Å². The summed E-state index contributed by atoms with van der Waals surface area (Å²) < 4.78 is 14.3. The summed E-state index contributed by atoms with van der Waals surface area (Å²) in [4.78, 5) is 0. The molecule has 1 aromatic rings. The molecule has 0 amide bonds. The van der Waals surface area contributed by atoms with Gasteiger partial charge in [-0.25, -0.2) is 4.39 Å². The highest BCUT2D eigenvalue weighted by Gasteiger charge is 2.21. The summed E-state index contributed by atoms with van der Waals surface area (Å²) in [5, 5.41) is 3.50. The second kappa shape index (κ2) is 6.36. The molecule has 0 aromatic heterocycles. The van der Waals surface area contributed by atoms with E-state index < -0.39 is 0 Å². The van der Waals surface area contributed by atoms with Crippen molar-refractivity contribution in [1.82, 2.24) is 5.32 Å². The lowest BCUT2D eigenvalue weighted by Gasteiger charge is -2.28. The Hall–Kier alpha value is -0.410. The van der Waals surface area contributed by atoms with Gasteiger partial charge in [0.1, 0.15) is 5.82 Å². The summed E-state index contributed by atoms with van der Waals surface area (Å²) in [5.74, 6) is -0.165. The predicted molar refractivity (Wildman–Crippen MR) is 84.0 cm³/mol. The van der Waals surface area contributed by atoms with Gasteiger partial charge in [-0.05, 0) is 69.3 Å². The zero-order chi connectivity index (χ0) is 14.7. The van der Waals surface area contributed by atoms with E-state index in [4.69, 9.17) is 0 Å². The van der Waals surface area contributed by atoms with Crippen molar-refractivity contribution in [2.45, 2.75) is 53.0 Å². The van der Waals surface area contributed by atoms with Gasteiger partial charge in [-0.1, -0.05) is 29.8 Å². The van der Waals surface area contributed by atoms with Crippen molar-refractivity contribution in [2.75, 3.05) is 6.54 Å². The van der Waals surface area contributed by atoms with E-state index in [-0.39, 0.29) is 16.8 Å². The molecule has 0 atom stereocenters. The van der Waals surface area contributed by atoms with E-state index in [1.165, 1.54) is 6.07 Å². The summed E-state index contributed by atoms with van der Waals surface area (Å²) in [6, 6.07) is 4.90. The smallest absolute Gasteiger partial charge is 0.123 e. The Morgan fingerprint density at radius 3 is 2.37 bits per heavy atom. The standard InChI is InChI=1S/C16H25BrFN/c1-15(2,3)19-9-8-16(4,5)11-12-10-13(18)6-7-14(12)17/h6-7,10,19H,8-9,11H2,1-5H3. The Balaban J connectivity index is 2.61. The van der Waals surface area contributed by atoms with Gasteiger partial charge >= 0.3 is 0 Å². The number of halogens is 2. The van der Waals surface area contributed by atoms with E-state index >= 15 is 0 Å². The van der Waals surface area contributed by atoms with Crippen LogP contribution < -0.4 is 5.32 Å². The fraction of sp³-hybridized carbons (Fsp3) is 0.625. The third kappa shape index (κ3) is 6.53. The maximum Gasteiger partial charge on any atom is 0.123 e. The van der Waals surface area contributed by atoms with E-state index in [1.54, 1.807) is 12.1 Å². The van der Waals surface area contributed by atoms with E-state index in [9.17, 15) is 4.39 Å². The molecule has 0 fully saturated rings. The van der Waals surface area contributed by atoms with Crippen molar-refractivity contribution < 1.29 is 4.39 Å². The first kappa shape index (κ1) is 16.6. The largest absolute Gasteiger partial charge is 0.312 e. The number of hydrogen-bond donors (Lipinski definition) is 1. The van der Waals surface area contributed by atoms with Gasteiger partial charge in [0.05, 0.1) is 0 Å². The lowest BCUT2D eigenvalue weighted by Crippen LogP contribution is -2.38. The molecule has 0 aliphatic carbocycles. The van der Waals surface area contributed by atoms with Crippen LogP contribution in [0.15, 0.2) is 22.7 Å². The first-order valence-electron chi connectivity index (χ1n) is 6.78. The van der Waals surface area contributed by atoms with Crippen LogP contribution in [0.3, 0.4) is 0 Å². The van der Waals surface area contributed by atoms with Crippen LogP contribution in [-0.2, 0) is 6.42 Å². The third-order valence-electron chi connectivity index (χ3n) is 3.13. The highest BCUT2D eigenvalue weighted by atomic mass is 79.9. The first-order valence-corrected chi connectivity index (χ1v) is 7.57. The van der Waals surface area contributed by atoms with Crippen LogP contribution in [-0.4, -0.2) is 12.1 Å². The van der Waals surface area contributed by atoms with Crippen molar-refractivity contribution in [3.05, 3.63) is 34.1 Å². The van der Waals surface area contributed by atoms with Gasteiger partial charge in [-0.15, -0.1) is 0 Å². The molecule has 108 valence electrons. The third-order valence-corrected chi connectivity index (χ3v) is 3.91. The van der Waals surface area contributed by atoms with Crippen LogP contribution in [0.1, 0.15) is 46.6 Å². The minimum atomic E-state index is -0.165. The van der Waals surface area contributed by atoms with Crippen molar-refractivity contribution >= 4 is 15.9 Å². The van der Waals surface area contributed by atoms with E-state index in [0.717, 1.165) is 29.4 Å². The zero-order valence-electron chi connectivity index (χ0n) is 12.6. The summed E-state index contributed by atoms with van der Waals surface area (Å²) in [5.41, 5.74) is 1.34. The SMILES string of the molecule is CC(C)(CCNC(C)(C)C)Cc1cc(F)ccc1Br. The molecule has 0 unspecified atom stereocenters. The first-order chi connectivity index (χ1) is 8.59. The Morgan fingerprint density at radius 1 is 1.16 bits per heavy atom. The van der Waals surface area contributed by atoms with Gasteiger partial charge in [0.25, 0.3) is 0 Å². The van der Waals surface area contributed by atoms with Crippen LogP contribution in [0, 0.1) is 11.2 Å². The highest BCUT2D eigenvalue weighted by molar-refractivity contribution is 9.10. The molecular weight excluding hydrogens is 305 g/mol. The van der Waals surface area contributed by atoms with E-state index in [2.05, 4.69) is 55.9 Å². The normalized spacial score (nSPS) is 12.8. The molecule has 1 rings (SSSR count). The molecular formula is C16H25BrFN. The van der Waals surface area contributed by atoms with Crippen LogP contribution in [0.2, 0.25) is 0 Å². The molecule has 19 heavy (non-hydrogen) atoms. The number of nitrogens with one attached hydrogen (secondary N) is 1. The average Bonchev–Trinajstić information content (AvgIpc) is 2.20. The fourth-order valence-corrected chi connectivity index (χ4v) is 2.45. The predicted octanol–water partition coefficient (Wildman–Crippen LogP) is 4.94. The van der Waals surface area contributed by atoms with Crippen molar-refractivity contribution in [1.29, 1.82) is 0 Å². The number of hydrogen-bond acceptors (Lipinski definition) is 1. The van der Waals surface area contributed by atoms with Gasteiger partial charge in [-0.3, -0.25) is 0 Å². The van der Waals surface area contributed by atoms with Crippen LogP contribution in [0.25, 0.3) is 0 Å². The number of rotatable bonds is 5. The average molecular weight is 330 g/mol. The molecule has 3 heteroatoms. The molecule has 0 radical (unpaired) electrons. The van der Waals surface area contributed by atoms with Crippen LogP contribution >= 0.6 is 15.9 Å². The maximum atomic E-state index is 13.3. The summed E-state index contributed by atoms with van der Waals surface area (Å²) in [6.45, 7) is 11.9. The Morgan fingerprint density at radius 2 is 1.79 bits per heavy atom. The monoisotopic (exact) mass is 329 g/mol. The van der Waals surface area contributed by atoms with Gasteiger partial charge in [0.2, 0.25) is 0 Å². The molecule has 1 aromatic carbocycles. The molecule has 0 heterocycles. The summed E-state index contributed by atoms with van der Waals surface area (Å²) in [7, 11) is 0. The lowest BCUT2D eigenvalue weighted by atomic mass is 9.82. The topological polar surface area (TPSA) is 12.0 Å². The minimum absolute atomic E-state index is 0.147. The summed E-state index contributed by atoms with van der Waals surface area (Å²) >= 11 is 3.50. The minimum Gasteiger partial charge on any atom is -0.312 e. The molecule has 0 saturated carbocycles. The highest BCUT2D eigenvalue weighted by Crippen LogP contribution is 2.29. The molecule has 0 bridgehead atoms. The van der Waals surface area contributed by atoms with E-state index in [1.807, 2.05) is 0 Å². The summed E-state index contributed by atoms with van der Waals surface area (Å²) in [6.07, 6.45) is 1.93. The van der Waals surface area contributed by atoms with Crippen molar-refractivity contribution in [2.24, 2.45) is 5.41 Å². The second-order valence-electron chi connectivity index (χ2n) is 7.00. The Labute approximate surface area is 125 Å². The molecule has 0 aliphatic heterocycles. The second-order valence-corrected chi connectivity index (χ2v) is 7.86. The van der Waals surface area contributed by atoms with Gasteiger partial charge in [0.15, 0.2) is 0 Å². The zero-order valence-corrected chi connectivity index (χ0v) is 14.2. The Bertz CT molecular complexity index is 421. The van der Waals surface area contributed by atoms with Gasteiger partial charge in [-0.2, -0.15) is 0 Å². The Kier molecular flexibility index (Phi) is 5.57. The molecule has 0 aliphatic rings.